The molecule has 0 spiro atoms. The van der Waals surface area contributed by atoms with E-state index in [0.29, 0.717) is 24.6 Å². The number of carbonyl (C=O) groups excluding carboxylic acids is 1. The summed E-state index contributed by atoms with van der Waals surface area (Å²) >= 11 is 0. The van der Waals surface area contributed by atoms with E-state index >= 15 is 0 Å². The van der Waals surface area contributed by atoms with Crippen molar-refractivity contribution in [2.75, 3.05) is 19.7 Å². The second-order valence-electron chi connectivity index (χ2n) is 5.38. The molecule has 1 saturated carbocycles. The number of rotatable bonds is 6. The van der Waals surface area contributed by atoms with Gasteiger partial charge in [0.2, 0.25) is 0 Å². The Labute approximate surface area is 120 Å². The Morgan fingerprint density at radius 3 is 2.55 bits per heavy atom. The van der Waals surface area contributed by atoms with Crippen molar-refractivity contribution >= 4 is 5.91 Å². The third-order valence-electron chi connectivity index (χ3n) is 3.76. The van der Waals surface area contributed by atoms with Gasteiger partial charge in [-0.05, 0) is 43.0 Å². The van der Waals surface area contributed by atoms with Gasteiger partial charge in [-0.2, -0.15) is 0 Å². The van der Waals surface area contributed by atoms with Gasteiger partial charge in [0, 0.05) is 18.7 Å². The predicted molar refractivity (Wildman–Crippen MR) is 79.9 cm³/mol. The highest BCUT2D eigenvalue weighted by Gasteiger charge is 2.14. The number of nitrogens with two attached hydrogens (primary N) is 1. The predicted octanol–water partition coefficient (Wildman–Crippen LogP) is 2.33. The Balaban J connectivity index is 1.80. The van der Waals surface area contributed by atoms with Gasteiger partial charge in [0.05, 0.1) is 6.61 Å². The quantitative estimate of drug-likeness (QED) is 0.838. The third-order valence-corrected chi connectivity index (χ3v) is 3.76. The minimum atomic E-state index is -0.0886. The van der Waals surface area contributed by atoms with Gasteiger partial charge >= 0.3 is 0 Å². The molecule has 110 valence electrons. The third kappa shape index (κ3) is 4.53. The Hall–Kier alpha value is -1.55. The summed E-state index contributed by atoms with van der Waals surface area (Å²) in [7, 11) is 0. The summed E-state index contributed by atoms with van der Waals surface area (Å²) in [4.78, 5) is 11.7. The van der Waals surface area contributed by atoms with Crippen molar-refractivity contribution in [2.24, 2.45) is 11.7 Å². The van der Waals surface area contributed by atoms with Crippen LogP contribution in [-0.2, 0) is 0 Å². The normalized spacial score (nSPS) is 15.8. The minimum absolute atomic E-state index is 0.0886. The van der Waals surface area contributed by atoms with Crippen molar-refractivity contribution in [3.8, 4) is 5.75 Å². The van der Waals surface area contributed by atoms with Crippen LogP contribution >= 0.6 is 0 Å². The van der Waals surface area contributed by atoms with Gasteiger partial charge < -0.3 is 15.8 Å². The van der Waals surface area contributed by atoms with E-state index in [1.165, 1.54) is 32.1 Å². The topological polar surface area (TPSA) is 64.3 Å². The fraction of sp³-hybridized carbons (Fsp3) is 0.562. The van der Waals surface area contributed by atoms with Crippen LogP contribution in [0.2, 0.25) is 0 Å². The van der Waals surface area contributed by atoms with E-state index in [2.05, 4.69) is 5.32 Å². The van der Waals surface area contributed by atoms with Gasteiger partial charge in [-0.25, -0.2) is 0 Å². The first kappa shape index (κ1) is 14.9. The molecule has 0 radical (unpaired) electrons. The van der Waals surface area contributed by atoms with Crippen LogP contribution < -0.4 is 15.8 Å². The summed E-state index contributed by atoms with van der Waals surface area (Å²) in [6.07, 6.45) is 6.57. The second-order valence-corrected chi connectivity index (χ2v) is 5.38. The molecule has 2 rings (SSSR count). The molecule has 20 heavy (non-hydrogen) atoms. The van der Waals surface area contributed by atoms with E-state index in [9.17, 15) is 4.79 Å². The number of benzene rings is 1. The van der Waals surface area contributed by atoms with Crippen molar-refractivity contribution in [1.29, 1.82) is 0 Å². The van der Waals surface area contributed by atoms with E-state index in [0.717, 1.165) is 12.4 Å². The lowest BCUT2D eigenvalue weighted by Crippen LogP contribution is -2.28. The van der Waals surface area contributed by atoms with E-state index in [4.69, 9.17) is 10.5 Å². The zero-order valence-corrected chi connectivity index (χ0v) is 11.9. The first-order valence-corrected chi connectivity index (χ1v) is 7.50. The molecule has 3 N–H and O–H groups in total. The Morgan fingerprint density at radius 1 is 1.20 bits per heavy atom. The van der Waals surface area contributed by atoms with Gasteiger partial charge in [-0.15, -0.1) is 0 Å². The van der Waals surface area contributed by atoms with Crippen LogP contribution in [0.15, 0.2) is 24.3 Å². The fourth-order valence-electron chi connectivity index (χ4n) is 2.56. The monoisotopic (exact) mass is 276 g/mol. The molecule has 0 aromatic heterocycles. The van der Waals surface area contributed by atoms with Crippen LogP contribution in [0.5, 0.6) is 5.75 Å². The molecular formula is C16H24N2O2. The average molecular weight is 276 g/mol. The van der Waals surface area contributed by atoms with E-state index in [-0.39, 0.29) is 5.91 Å². The maximum atomic E-state index is 11.7. The lowest BCUT2D eigenvalue weighted by molar-refractivity contribution is 0.0954. The molecule has 0 heterocycles. The standard InChI is InChI=1S/C16H24N2O2/c17-10-11-18-16(19)14-6-8-15(9-7-14)20-12-13-4-2-1-3-5-13/h6-9,13H,1-5,10-12,17H2,(H,18,19). The minimum Gasteiger partial charge on any atom is -0.493 e. The van der Waals surface area contributed by atoms with Gasteiger partial charge in [0.25, 0.3) is 5.91 Å². The highest BCUT2D eigenvalue weighted by molar-refractivity contribution is 5.94. The highest BCUT2D eigenvalue weighted by Crippen LogP contribution is 2.24. The van der Waals surface area contributed by atoms with Crippen molar-refractivity contribution in [1.82, 2.24) is 5.32 Å². The molecule has 1 amide bonds. The summed E-state index contributed by atoms with van der Waals surface area (Å²) in [6, 6.07) is 7.31. The molecule has 1 aliphatic rings. The van der Waals surface area contributed by atoms with Crippen LogP contribution in [0, 0.1) is 5.92 Å². The van der Waals surface area contributed by atoms with Crippen LogP contribution in [0.25, 0.3) is 0 Å². The molecular weight excluding hydrogens is 252 g/mol. The first-order valence-electron chi connectivity index (χ1n) is 7.50. The highest BCUT2D eigenvalue weighted by atomic mass is 16.5. The fourth-order valence-corrected chi connectivity index (χ4v) is 2.56. The number of amides is 1. The molecule has 1 aliphatic carbocycles. The van der Waals surface area contributed by atoms with Gasteiger partial charge in [-0.1, -0.05) is 19.3 Å². The van der Waals surface area contributed by atoms with Crippen LogP contribution in [0.1, 0.15) is 42.5 Å². The van der Waals surface area contributed by atoms with E-state index < -0.39 is 0 Å². The zero-order chi connectivity index (χ0) is 14.2. The van der Waals surface area contributed by atoms with Crippen molar-refractivity contribution in [3.63, 3.8) is 0 Å². The van der Waals surface area contributed by atoms with Crippen molar-refractivity contribution in [3.05, 3.63) is 29.8 Å². The molecule has 4 heteroatoms. The van der Waals surface area contributed by atoms with Crippen molar-refractivity contribution < 1.29 is 9.53 Å². The summed E-state index contributed by atoms with van der Waals surface area (Å²) in [5.41, 5.74) is 6.00. The molecule has 4 nitrogen and oxygen atoms in total. The Morgan fingerprint density at radius 2 is 1.90 bits per heavy atom. The van der Waals surface area contributed by atoms with Gasteiger partial charge in [0.1, 0.15) is 5.75 Å². The number of carbonyl (C=O) groups is 1. The van der Waals surface area contributed by atoms with Crippen LogP contribution in [-0.4, -0.2) is 25.6 Å². The summed E-state index contributed by atoms with van der Waals surface area (Å²) in [6.45, 7) is 1.74. The molecule has 1 fully saturated rings. The number of nitrogens with one attached hydrogen (secondary N) is 1. The van der Waals surface area contributed by atoms with E-state index in [1.807, 2.05) is 12.1 Å². The van der Waals surface area contributed by atoms with Crippen LogP contribution in [0.3, 0.4) is 0 Å². The first-order chi connectivity index (χ1) is 9.79. The van der Waals surface area contributed by atoms with Gasteiger partial charge in [0.15, 0.2) is 0 Å². The lowest BCUT2D eigenvalue weighted by Gasteiger charge is -2.21. The summed E-state index contributed by atoms with van der Waals surface area (Å²) in [5, 5.41) is 2.75. The molecule has 0 atom stereocenters. The maximum absolute atomic E-state index is 11.7. The molecule has 0 bridgehead atoms. The van der Waals surface area contributed by atoms with E-state index in [1.54, 1.807) is 12.1 Å². The lowest BCUT2D eigenvalue weighted by atomic mass is 9.90. The molecule has 0 unspecified atom stereocenters. The Bertz CT molecular complexity index is 411. The largest absolute Gasteiger partial charge is 0.493 e. The van der Waals surface area contributed by atoms with Gasteiger partial charge in [-0.3, -0.25) is 4.79 Å². The Kier molecular flexibility index (Phi) is 5.87. The smallest absolute Gasteiger partial charge is 0.251 e. The second kappa shape index (κ2) is 7.90. The van der Waals surface area contributed by atoms with Crippen LogP contribution in [0.4, 0.5) is 0 Å². The molecule has 0 saturated heterocycles. The maximum Gasteiger partial charge on any atom is 0.251 e. The number of hydrogen-bond acceptors (Lipinski definition) is 3. The van der Waals surface area contributed by atoms with Crippen molar-refractivity contribution in [2.45, 2.75) is 32.1 Å². The molecule has 0 aliphatic heterocycles. The number of ether oxygens (including phenoxy) is 1. The summed E-state index contributed by atoms with van der Waals surface area (Å²) in [5.74, 6) is 1.44. The average Bonchev–Trinajstić information content (AvgIpc) is 2.52. The molecule has 1 aromatic carbocycles. The summed E-state index contributed by atoms with van der Waals surface area (Å²) < 4.78 is 5.81. The zero-order valence-electron chi connectivity index (χ0n) is 11.9. The molecule has 1 aromatic rings. The number of hydrogen-bond donors (Lipinski definition) is 2. The SMILES string of the molecule is NCCNC(=O)c1ccc(OCC2CCCCC2)cc1.